The Kier molecular flexibility index (Phi) is 5.87. The number of carbonyl (C=O) groups excluding carboxylic acids is 1. The number of thiazole rings is 1. The zero-order valence-corrected chi connectivity index (χ0v) is 14.0. The molecule has 1 aromatic heterocycles. The molecule has 6 heteroatoms. The molecule has 2 rings (SSSR count). The molecule has 0 aliphatic rings. The van der Waals surface area contributed by atoms with Crippen molar-refractivity contribution in [2.75, 3.05) is 5.32 Å². The molecule has 0 fully saturated rings. The van der Waals surface area contributed by atoms with Crippen LogP contribution in [0.4, 0.5) is 5.69 Å². The average molecular weight is 332 g/mol. The molecular weight excluding hydrogens is 312 g/mol. The molecule has 122 valence electrons. The molecule has 1 amide bonds. The Labute approximate surface area is 139 Å². The lowest BCUT2D eigenvalue weighted by molar-refractivity contribution is -0.141. The Bertz CT molecular complexity index is 679. The van der Waals surface area contributed by atoms with Gasteiger partial charge in [0.1, 0.15) is 4.88 Å². The second kappa shape index (κ2) is 7.87. The first-order valence-electron chi connectivity index (χ1n) is 7.57. The van der Waals surface area contributed by atoms with E-state index in [-0.39, 0.29) is 5.91 Å². The quantitative estimate of drug-likeness (QED) is 0.812. The summed E-state index contributed by atoms with van der Waals surface area (Å²) in [5, 5.41) is 12.7. The van der Waals surface area contributed by atoms with Gasteiger partial charge in [-0.2, -0.15) is 0 Å². The number of anilines is 1. The molecule has 2 aromatic rings. The van der Waals surface area contributed by atoms with Gasteiger partial charge >= 0.3 is 5.97 Å². The van der Waals surface area contributed by atoms with E-state index in [4.69, 9.17) is 5.11 Å². The minimum absolute atomic E-state index is 0.170. The van der Waals surface area contributed by atoms with Crippen LogP contribution in [0.2, 0.25) is 0 Å². The van der Waals surface area contributed by atoms with Crippen molar-refractivity contribution in [3.05, 3.63) is 45.9 Å². The Morgan fingerprint density at radius 3 is 2.61 bits per heavy atom. The van der Waals surface area contributed by atoms with Gasteiger partial charge in [-0.05, 0) is 37.0 Å². The Morgan fingerprint density at radius 2 is 2.00 bits per heavy atom. The lowest BCUT2D eigenvalue weighted by Crippen LogP contribution is -2.12. The number of aromatic nitrogens is 1. The lowest BCUT2D eigenvalue weighted by Gasteiger charge is -2.08. The summed E-state index contributed by atoms with van der Waals surface area (Å²) >= 11 is 1.41. The smallest absolute Gasteiger partial charge is 0.306 e. The Morgan fingerprint density at radius 1 is 1.30 bits per heavy atom. The van der Waals surface area contributed by atoms with Crippen LogP contribution in [0.15, 0.2) is 30.5 Å². The molecule has 1 unspecified atom stereocenters. The number of amides is 1. The zero-order valence-electron chi connectivity index (χ0n) is 13.2. The molecule has 5 nitrogen and oxygen atoms in total. The zero-order chi connectivity index (χ0) is 16.8. The normalized spacial score (nSPS) is 11.9. The minimum atomic E-state index is -0.810. The first-order valence-corrected chi connectivity index (χ1v) is 8.39. The van der Waals surface area contributed by atoms with E-state index in [1.54, 1.807) is 25.3 Å². The largest absolute Gasteiger partial charge is 0.481 e. The van der Waals surface area contributed by atoms with E-state index in [2.05, 4.69) is 17.2 Å². The molecule has 23 heavy (non-hydrogen) atoms. The van der Waals surface area contributed by atoms with Crippen LogP contribution in [0.5, 0.6) is 0 Å². The summed E-state index contributed by atoms with van der Waals surface area (Å²) in [6.45, 7) is 3.75. The summed E-state index contributed by atoms with van der Waals surface area (Å²) in [6.07, 6.45) is 3.96. The minimum Gasteiger partial charge on any atom is -0.481 e. The Hall–Kier alpha value is -2.21. The van der Waals surface area contributed by atoms with E-state index < -0.39 is 11.9 Å². The summed E-state index contributed by atoms with van der Waals surface area (Å²) in [7, 11) is 0. The number of nitrogens with one attached hydrogen (secondary N) is 1. The third kappa shape index (κ3) is 4.89. The van der Waals surface area contributed by atoms with Crippen molar-refractivity contribution in [3.63, 3.8) is 0 Å². The number of carboxylic acids is 1. The van der Waals surface area contributed by atoms with Gasteiger partial charge in [0.2, 0.25) is 0 Å². The monoisotopic (exact) mass is 332 g/mol. The van der Waals surface area contributed by atoms with Crippen molar-refractivity contribution >= 4 is 28.9 Å². The fourth-order valence-electron chi connectivity index (χ4n) is 2.10. The molecule has 1 heterocycles. The fourth-order valence-corrected chi connectivity index (χ4v) is 3.02. The number of aryl methyl sites for hydroxylation is 1. The molecule has 0 bridgehead atoms. The summed E-state index contributed by atoms with van der Waals surface area (Å²) in [4.78, 5) is 27.9. The number of aliphatic carboxylic acids is 1. The van der Waals surface area contributed by atoms with Crippen LogP contribution in [-0.4, -0.2) is 22.0 Å². The van der Waals surface area contributed by atoms with Crippen molar-refractivity contribution in [2.45, 2.75) is 33.1 Å². The number of benzene rings is 1. The third-order valence-corrected chi connectivity index (χ3v) is 4.47. The highest BCUT2D eigenvalue weighted by molar-refractivity contribution is 7.13. The standard InChI is InChI=1S/C17H20N2O3S/c1-3-4-15-18-10-14(23-15)16(20)19-13-7-5-12(6-8-13)9-11(2)17(21)22/h5-8,10-11H,3-4,9H2,1-2H3,(H,19,20)(H,21,22). The van der Waals surface area contributed by atoms with Crippen LogP contribution in [-0.2, 0) is 17.6 Å². The maximum Gasteiger partial charge on any atom is 0.306 e. The molecule has 0 saturated carbocycles. The summed E-state index contributed by atoms with van der Waals surface area (Å²) < 4.78 is 0. The number of rotatable bonds is 7. The van der Waals surface area contributed by atoms with Gasteiger partial charge in [-0.25, -0.2) is 4.98 Å². The van der Waals surface area contributed by atoms with Crippen LogP contribution in [0, 0.1) is 5.92 Å². The maximum absolute atomic E-state index is 12.2. The first kappa shape index (κ1) is 17.1. The van der Waals surface area contributed by atoms with E-state index in [1.807, 2.05) is 12.1 Å². The number of hydrogen-bond donors (Lipinski definition) is 2. The highest BCUT2D eigenvalue weighted by Gasteiger charge is 2.13. The highest BCUT2D eigenvalue weighted by atomic mass is 32.1. The first-order chi connectivity index (χ1) is 11.0. The van der Waals surface area contributed by atoms with Crippen LogP contribution in [0.1, 0.15) is 40.5 Å². The van der Waals surface area contributed by atoms with Crippen molar-refractivity contribution in [1.82, 2.24) is 4.98 Å². The van der Waals surface area contributed by atoms with Crippen LogP contribution in [0.25, 0.3) is 0 Å². The molecule has 0 spiro atoms. The molecule has 0 saturated heterocycles. The SMILES string of the molecule is CCCc1ncc(C(=O)Nc2ccc(CC(C)C(=O)O)cc2)s1. The van der Waals surface area contributed by atoms with Gasteiger partial charge in [0.25, 0.3) is 5.91 Å². The predicted molar refractivity (Wildman–Crippen MR) is 91.0 cm³/mol. The number of carbonyl (C=O) groups is 2. The lowest BCUT2D eigenvalue weighted by atomic mass is 10.0. The van der Waals surface area contributed by atoms with E-state index in [0.29, 0.717) is 17.0 Å². The van der Waals surface area contributed by atoms with Crippen molar-refractivity contribution in [2.24, 2.45) is 5.92 Å². The van der Waals surface area contributed by atoms with Gasteiger partial charge in [-0.1, -0.05) is 26.0 Å². The van der Waals surface area contributed by atoms with Gasteiger partial charge in [0.05, 0.1) is 17.1 Å². The van der Waals surface area contributed by atoms with E-state index in [9.17, 15) is 9.59 Å². The van der Waals surface area contributed by atoms with Gasteiger partial charge in [-0.3, -0.25) is 9.59 Å². The second-order valence-electron chi connectivity index (χ2n) is 5.46. The van der Waals surface area contributed by atoms with Crippen molar-refractivity contribution in [1.29, 1.82) is 0 Å². The highest BCUT2D eigenvalue weighted by Crippen LogP contribution is 2.18. The van der Waals surface area contributed by atoms with Crippen molar-refractivity contribution < 1.29 is 14.7 Å². The van der Waals surface area contributed by atoms with Crippen LogP contribution < -0.4 is 5.32 Å². The van der Waals surface area contributed by atoms with Crippen LogP contribution >= 0.6 is 11.3 Å². The topological polar surface area (TPSA) is 79.3 Å². The molecule has 2 N–H and O–H groups in total. The summed E-state index contributed by atoms with van der Waals surface area (Å²) in [5.74, 6) is -1.41. The van der Waals surface area contributed by atoms with Crippen molar-refractivity contribution in [3.8, 4) is 0 Å². The second-order valence-corrected chi connectivity index (χ2v) is 6.58. The summed E-state index contributed by atoms with van der Waals surface area (Å²) in [5.41, 5.74) is 1.62. The molecule has 1 atom stereocenters. The number of carboxylic acid groups (broad SMARTS) is 1. The van der Waals surface area contributed by atoms with Gasteiger partial charge in [-0.15, -0.1) is 11.3 Å². The van der Waals surface area contributed by atoms with E-state index >= 15 is 0 Å². The van der Waals surface area contributed by atoms with Crippen LogP contribution in [0.3, 0.4) is 0 Å². The van der Waals surface area contributed by atoms with E-state index in [1.165, 1.54) is 11.3 Å². The number of nitrogens with zero attached hydrogens (tertiary/aromatic N) is 1. The molecule has 1 aromatic carbocycles. The predicted octanol–water partition coefficient (Wildman–Crippen LogP) is 3.61. The van der Waals surface area contributed by atoms with E-state index in [0.717, 1.165) is 23.4 Å². The molecule has 0 aliphatic heterocycles. The number of hydrogen-bond acceptors (Lipinski definition) is 4. The maximum atomic E-state index is 12.2. The summed E-state index contributed by atoms with van der Waals surface area (Å²) in [6, 6.07) is 7.25. The van der Waals surface area contributed by atoms with Gasteiger partial charge in [0, 0.05) is 5.69 Å². The van der Waals surface area contributed by atoms with Gasteiger partial charge < -0.3 is 10.4 Å². The fraction of sp³-hybridized carbons (Fsp3) is 0.353. The third-order valence-electron chi connectivity index (χ3n) is 3.42. The Balaban J connectivity index is 1.97. The molecule has 0 aliphatic carbocycles. The van der Waals surface area contributed by atoms with Gasteiger partial charge in [0.15, 0.2) is 0 Å². The average Bonchev–Trinajstić information content (AvgIpc) is 2.98. The molecular formula is C17H20N2O3S. The molecule has 0 radical (unpaired) electrons.